The Labute approximate surface area is 141 Å². The molecule has 0 saturated heterocycles. The van der Waals surface area contributed by atoms with Crippen LogP contribution in [0.2, 0.25) is 0 Å². The molecule has 0 aliphatic heterocycles. The Morgan fingerprint density at radius 1 is 1.21 bits per heavy atom. The third-order valence-electron chi connectivity index (χ3n) is 3.51. The number of carbonyl (C=O) groups is 2. The lowest BCUT2D eigenvalue weighted by atomic mass is 10.2. The van der Waals surface area contributed by atoms with Crippen molar-refractivity contribution in [1.29, 1.82) is 0 Å². The largest absolute Gasteiger partial charge is 0.464 e. The van der Waals surface area contributed by atoms with Crippen molar-refractivity contribution in [3.05, 3.63) is 59.5 Å². The van der Waals surface area contributed by atoms with Crippen LogP contribution in [-0.4, -0.2) is 29.9 Å². The van der Waals surface area contributed by atoms with E-state index in [1.807, 2.05) is 43.3 Å². The van der Waals surface area contributed by atoms with Crippen molar-refractivity contribution in [3.8, 4) is 0 Å². The lowest BCUT2D eigenvalue weighted by Gasteiger charge is -2.20. The molecule has 2 N–H and O–H groups in total. The number of nitrogens with zero attached hydrogens (tertiary/aromatic N) is 1. The first-order valence-corrected chi connectivity index (χ1v) is 7.71. The topological polar surface area (TPSA) is 85.8 Å². The average molecular weight is 330 g/mol. The van der Waals surface area contributed by atoms with Gasteiger partial charge in [0.2, 0.25) is 5.91 Å². The smallest absolute Gasteiger partial charge is 0.308 e. The molecule has 2 aromatic rings. The highest BCUT2D eigenvalue weighted by Gasteiger charge is 2.22. The van der Waals surface area contributed by atoms with Gasteiger partial charge in [-0.05, 0) is 24.6 Å². The minimum atomic E-state index is -0.936. The Kier molecular flexibility index (Phi) is 6.14. The number of rotatable bonds is 7. The van der Waals surface area contributed by atoms with Crippen LogP contribution in [0.1, 0.15) is 23.5 Å². The van der Waals surface area contributed by atoms with Crippen LogP contribution in [-0.2, 0) is 27.5 Å². The molecule has 1 heterocycles. The first-order valence-electron chi connectivity index (χ1n) is 7.71. The van der Waals surface area contributed by atoms with Gasteiger partial charge < -0.3 is 19.8 Å². The zero-order valence-electron chi connectivity index (χ0n) is 13.9. The average Bonchev–Trinajstić information content (AvgIpc) is 2.98. The Morgan fingerprint density at radius 3 is 2.54 bits per heavy atom. The van der Waals surface area contributed by atoms with E-state index in [-0.39, 0.29) is 18.9 Å². The van der Waals surface area contributed by atoms with Crippen molar-refractivity contribution in [1.82, 2.24) is 4.90 Å². The maximum absolute atomic E-state index is 12.2. The van der Waals surface area contributed by atoms with Gasteiger partial charge in [0.25, 0.3) is 0 Å². The number of carbonyl (C=O) groups excluding carboxylic acids is 2. The lowest BCUT2D eigenvalue weighted by molar-refractivity contribution is -0.148. The number of hydrogen-bond acceptors (Lipinski definition) is 5. The highest BCUT2D eigenvalue weighted by molar-refractivity contribution is 5.86. The minimum Gasteiger partial charge on any atom is -0.464 e. The van der Waals surface area contributed by atoms with Gasteiger partial charge in [-0.3, -0.25) is 9.59 Å². The number of benzene rings is 1. The molecule has 0 unspecified atom stereocenters. The second-order valence-corrected chi connectivity index (χ2v) is 5.66. The van der Waals surface area contributed by atoms with Gasteiger partial charge >= 0.3 is 5.97 Å². The summed E-state index contributed by atoms with van der Waals surface area (Å²) in [7, 11) is 1.62. The first-order chi connectivity index (χ1) is 11.5. The van der Waals surface area contributed by atoms with Crippen LogP contribution in [0.15, 0.2) is 46.9 Å². The summed E-state index contributed by atoms with van der Waals surface area (Å²) in [5.74, 6) is 0.615. The van der Waals surface area contributed by atoms with Gasteiger partial charge in [0.1, 0.15) is 18.1 Å². The summed E-state index contributed by atoms with van der Waals surface area (Å²) in [5.41, 5.74) is 6.71. The molecule has 0 aliphatic carbocycles. The molecule has 128 valence electrons. The van der Waals surface area contributed by atoms with E-state index in [2.05, 4.69) is 0 Å². The van der Waals surface area contributed by atoms with Crippen molar-refractivity contribution in [2.75, 3.05) is 7.05 Å². The number of ether oxygens (including phenoxy) is 1. The summed E-state index contributed by atoms with van der Waals surface area (Å²) in [6, 6.07) is 12.0. The molecule has 0 saturated carbocycles. The fourth-order valence-electron chi connectivity index (χ4n) is 2.23. The summed E-state index contributed by atoms with van der Waals surface area (Å²) in [5, 5.41) is 0. The van der Waals surface area contributed by atoms with Gasteiger partial charge in [-0.2, -0.15) is 0 Å². The number of likely N-dealkylation sites (N-methyl/N-ethyl adjacent to an activating group) is 1. The minimum absolute atomic E-state index is 0.160. The maximum atomic E-state index is 12.2. The normalized spacial score (nSPS) is 11.8. The molecule has 6 nitrogen and oxygen atoms in total. The summed E-state index contributed by atoms with van der Waals surface area (Å²) in [4.78, 5) is 25.5. The molecule has 0 spiro atoms. The predicted molar refractivity (Wildman–Crippen MR) is 88.7 cm³/mol. The molecule has 2 rings (SSSR count). The van der Waals surface area contributed by atoms with Crippen LogP contribution in [0, 0.1) is 6.92 Å². The third kappa shape index (κ3) is 5.24. The van der Waals surface area contributed by atoms with Crippen molar-refractivity contribution in [3.63, 3.8) is 0 Å². The van der Waals surface area contributed by atoms with Crippen LogP contribution in [0.25, 0.3) is 0 Å². The number of amides is 1. The molecule has 1 aromatic heterocycles. The fourth-order valence-corrected chi connectivity index (χ4v) is 2.23. The van der Waals surface area contributed by atoms with Crippen LogP contribution in [0.5, 0.6) is 0 Å². The first kappa shape index (κ1) is 17.7. The zero-order valence-corrected chi connectivity index (χ0v) is 13.9. The van der Waals surface area contributed by atoms with E-state index in [1.165, 1.54) is 4.90 Å². The molecule has 1 atom stereocenters. The molecule has 0 radical (unpaired) electrons. The molecule has 0 bridgehead atoms. The number of furan rings is 1. The highest BCUT2D eigenvalue weighted by atomic mass is 16.5. The Morgan fingerprint density at radius 2 is 1.92 bits per heavy atom. The van der Waals surface area contributed by atoms with Gasteiger partial charge in [-0.15, -0.1) is 0 Å². The van der Waals surface area contributed by atoms with Gasteiger partial charge in [0, 0.05) is 7.05 Å². The quantitative estimate of drug-likeness (QED) is 0.785. The molecular formula is C18H22N2O4. The standard InChI is InChI=1S/C18H22N2O4/c1-13-8-9-15(24-13)11-20(2)18(22)16(19)10-17(21)23-12-14-6-4-3-5-7-14/h3-9,16H,10-12,19H2,1-2H3/t16-/m0/s1. The van der Waals surface area contributed by atoms with E-state index >= 15 is 0 Å². The summed E-state index contributed by atoms with van der Waals surface area (Å²) < 4.78 is 10.6. The number of aryl methyl sites for hydroxylation is 1. The van der Waals surface area contributed by atoms with Crippen molar-refractivity contribution in [2.24, 2.45) is 5.73 Å². The summed E-state index contributed by atoms with van der Waals surface area (Å²) in [6.07, 6.45) is -0.160. The molecular weight excluding hydrogens is 308 g/mol. The maximum Gasteiger partial charge on any atom is 0.308 e. The third-order valence-corrected chi connectivity index (χ3v) is 3.51. The predicted octanol–water partition coefficient (Wildman–Crippen LogP) is 2.01. The van der Waals surface area contributed by atoms with Gasteiger partial charge in [-0.1, -0.05) is 30.3 Å². The number of hydrogen-bond donors (Lipinski definition) is 1. The summed E-state index contributed by atoms with van der Waals surface area (Å²) in [6.45, 7) is 2.31. The van der Waals surface area contributed by atoms with Crippen molar-refractivity contribution < 1.29 is 18.7 Å². The Bertz CT molecular complexity index is 681. The SMILES string of the molecule is Cc1ccc(CN(C)C(=O)[C@@H](N)CC(=O)OCc2ccccc2)o1. The summed E-state index contributed by atoms with van der Waals surface area (Å²) >= 11 is 0. The second kappa shape index (κ2) is 8.31. The molecule has 0 aliphatic rings. The molecule has 6 heteroatoms. The van der Waals surface area contributed by atoms with E-state index in [4.69, 9.17) is 14.9 Å². The molecule has 1 amide bonds. The van der Waals surface area contributed by atoms with Crippen LogP contribution in [0.4, 0.5) is 0 Å². The van der Waals surface area contributed by atoms with Crippen molar-refractivity contribution in [2.45, 2.75) is 32.5 Å². The zero-order chi connectivity index (χ0) is 17.5. The van der Waals surface area contributed by atoms with Crippen LogP contribution in [0.3, 0.4) is 0 Å². The van der Waals surface area contributed by atoms with E-state index in [0.29, 0.717) is 12.3 Å². The van der Waals surface area contributed by atoms with E-state index < -0.39 is 12.0 Å². The van der Waals surface area contributed by atoms with E-state index in [9.17, 15) is 9.59 Å². The van der Waals surface area contributed by atoms with Gasteiger partial charge in [0.05, 0.1) is 19.0 Å². The molecule has 0 fully saturated rings. The monoisotopic (exact) mass is 330 g/mol. The van der Waals surface area contributed by atoms with Gasteiger partial charge in [0.15, 0.2) is 0 Å². The van der Waals surface area contributed by atoms with Gasteiger partial charge in [-0.25, -0.2) is 0 Å². The number of nitrogens with two attached hydrogens (primary N) is 1. The Balaban J connectivity index is 1.78. The van der Waals surface area contributed by atoms with E-state index in [1.54, 1.807) is 13.1 Å². The second-order valence-electron chi connectivity index (χ2n) is 5.66. The molecule has 24 heavy (non-hydrogen) atoms. The number of esters is 1. The lowest BCUT2D eigenvalue weighted by Crippen LogP contribution is -2.42. The van der Waals surface area contributed by atoms with Crippen LogP contribution < -0.4 is 5.73 Å². The Hall–Kier alpha value is -2.60. The fraction of sp³-hybridized carbons (Fsp3) is 0.333. The van der Waals surface area contributed by atoms with Crippen molar-refractivity contribution >= 4 is 11.9 Å². The van der Waals surface area contributed by atoms with Crippen LogP contribution >= 0.6 is 0 Å². The highest BCUT2D eigenvalue weighted by Crippen LogP contribution is 2.10. The molecule has 1 aromatic carbocycles. The van der Waals surface area contributed by atoms with E-state index in [0.717, 1.165) is 11.3 Å².